The number of rotatable bonds is 3. The van der Waals surface area contributed by atoms with Crippen molar-refractivity contribution in [3.05, 3.63) is 53.8 Å². The predicted octanol–water partition coefficient (Wildman–Crippen LogP) is 2.04. The molecule has 0 N–H and O–H groups in total. The van der Waals surface area contributed by atoms with E-state index in [1.165, 1.54) is 11.3 Å². The van der Waals surface area contributed by atoms with Crippen LogP contribution in [0.5, 0.6) is 0 Å². The molecule has 0 radical (unpaired) electrons. The molecule has 0 aliphatic heterocycles. The minimum absolute atomic E-state index is 0.543. The van der Waals surface area contributed by atoms with Crippen LogP contribution < -0.4 is 0 Å². The van der Waals surface area contributed by atoms with E-state index in [1.807, 2.05) is 41.1 Å². The predicted molar refractivity (Wildman–Crippen MR) is 88.5 cm³/mol. The van der Waals surface area contributed by atoms with Crippen LogP contribution in [0.4, 0.5) is 0 Å². The highest BCUT2D eigenvalue weighted by Crippen LogP contribution is 2.22. The Labute approximate surface area is 139 Å². The third-order valence-electron chi connectivity index (χ3n) is 3.66. The number of para-hydroxylation sites is 1. The van der Waals surface area contributed by atoms with Gasteiger partial charge in [-0.15, -0.1) is 15.3 Å². The molecule has 0 unspecified atom stereocenters. The first kappa shape index (κ1) is 13.3. The fraction of sp³-hybridized carbons (Fsp3) is 0.0667. The monoisotopic (exact) mass is 334 g/mol. The Hall–Kier alpha value is -3.20. The Morgan fingerprint density at radius 2 is 1.96 bits per heavy atom. The molecule has 116 valence electrons. The van der Waals surface area contributed by atoms with E-state index in [4.69, 9.17) is 0 Å². The maximum absolute atomic E-state index is 4.62. The van der Waals surface area contributed by atoms with E-state index < -0.39 is 0 Å². The third-order valence-corrected chi connectivity index (χ3v) is 4.54. The number of hydrogen-bond donors (Lipinski definition) is 0. The van der Waals surface area contributed by atoms with Crippen LogP contribution in [0, 0.1) is 0 Å². The quantitative estimate of drug-likeness (QED) is 0.502. The molecule has 0 saturated carbocycles. The lowest BCUT2D eigenvalue weighted by molar-refractivity contribution is 0.659. The van der Waals surface area contributed by atoms with Crippen molar-refractivity contribution >= 4 is 27.3 Å². The Morgan fingerprint density at radius 3 is 2.88 bits per heavy atom. The maximum Gasteiger partial charge on any atom is 0.235 e. The second kappa shape index (κ2) is 5.17. The average molecular weight is 334 g/mol. The largest absolute Gasteiger partial charge is 0.264 e. The molecule has 5 rings (SSSR count). The lowest BCUT2D eigenvalue weighted by Crippen LogP contribution is -2.02. The standard InChI is InChI=1S/C15H10N8S/c1-2-6-12-11(5-1)17-21-22(12)9-13-20-23-14(18-19-15(23)24-13)10-4-3-7-16-8-10/h1-8H,9H2. The molecule has 1 aromatic carbocycles. The van der Waals surface area contributed by atoms with Gasteiger partial charge in [-0.1, -0.05) is 28.7 Å². The Bertz CT molecular complexity index is 1140. The second-order valence-electron chi connectivity index (χ2n) is 5.19. The number of nitrogens with zero attached hydrogens (tertiary/aromatic N) is 8. The van der Waals surface area contributed by atoms with E-state index in [0.29, 0.717) is 12.4 Å². The zero-order valence-electron chi connectivity index (χ0n) is 12.3. The van der Waals surface area contributed by atoms with Crippen molar-refractivity contribution in [3.8, 4) is 11.4 Å². The van der Waals surface area contributed by atoms with E-state index in [9.17, 15) is 0 Å². The molecule has 0 fully saturated rings. The number of pyridine rings is 1. The van der Waals surface area contributed by atoms with Gasteiger partial charge in [0.05, 0.1) is 12.1 Å². The molecule has 0 bridgehead atoms. The fourth-order valence-corrected chi connectivity index (χ4v) is 3.37. The van der Waals surface area contributed by atoms with Crippen molar-refractivity contribution in [3.63, 3.8) is 0 Å². The third kappa shape index (κ3) is 2.06. The van der Waals surface area contributed by atoms with Crippen LogP contribution in [0.2, 0.25) is 0 Å². The van der Waals surface area contributed by atoms with Crippen LogP contribution in [0.25, 0.3) is 27.4 Å². The summed E-state index contributed by atoms with van der Waals surface area (Å²) in [7, 11) is 0. The molecule has 0 aliphatic rings. The fourth-order valence-electron chi connectivity index (χ4n) is 2.56. The molecule has 4 heterocycles. The lowest BCUT2D eigenvalue weighted by atomic mass is 10.3. The highest BCUT2D eigenvalue weighted by molar-refractivity contribution is 7.16. The van der Waals surface area contributed by atoms with Crippen molar-refractivity contribution in [2.24, 2.45) is 0 Å². The van der Waals surface area contributed by atoms with Crippen LogP contribution in [-0.2, 0) is 6.54 Å². The number of benzene rings is 1. The Balaban J connectivity index is 1.55. The molecule has 0 aliphatic carbocycles. The van der Waals surface area contributed by atoms with Crippen LogP contribution in [0.3, 0.4) is 0 Å². The summed E-state index contributed by atoms with van der Waals surface area (Å²) in [5.74, 6) is 0.684. The van der Waals surface area contributed by atoms with E-state index >= 15 is 0 Å². The molecule has 5 aromatic rings. The molecule has 0 amide bonds. The van der Waals surface area contributed by atoms with Crippen LogP contribution in [0.15, 0.2) is 48.8 Å². The first-order valence-corrected chi connectivity index (χ1v) is 8.10. The van der Waals surface area contributed by atoms with Gasteiger partial charge in [-0.3, -0.25) is 4.98 Å². The molecule has 4 aromatic heterocycles. The molecule has 24 heavy (non-hydrogen) atoms. The lowest BCUT2D eigenvalue weighted by Gasteiger charge is -1.98. The van der Waals surface area contributed by atoms with E-state index in [0.717, 1.165) is 26.6 Å². The van der Waals surface area contributed by atoms with Gasteiger partial charge in [-0.05, 0) is 24.3 Å². The van der Waals surface area contributed by atoms with Crippen molar-refractivity contribution < 1.29 is 0 Å². The summed E-state index contributed by atoms with van der Waals surface area (Å²) in [5.41, 5.74) is 2.74. The van der Waals surface area contributed by atoms with Gasteiger partial charge in [-0.25, -0.2) is 4.68 Å². The maximum atomic E-state index is 4.62. The summed E-state index contributed by atoms with van der Waals surface area (Å²) in [4.78, 5) is 4.87. The topological polar surface area (TPSA) is 86.7 Å². The van der Waals surface area contributed by atoms with Gasteiger partial charge >= 0.3 is 0 Å². The molecule has 0 spiro atoms. The molecule has 9 heteroatoms. The zero-order chi connectivity index (χ0) is 15.9. The first-order chi connectivity index (χ1) is 11.9. The van der Waals surface area contributed by atoms with Crippen LogP contribution in [-0.4, -0.2) is 39.8 Å². The van der Waals surface area contributed by atoms with E-state index in [-0.39, 0.29) is 0 Å². The molecule has 8 nitrogen and oxygen atoms in total. The summed E-state index contributed by atoms with van der Waals surface area (Å²) in [6.45, 7) is 0.543. The van der Waals surface area contributed by atoms with Crippen molar-refractivity contribution in [1.29, 1.82) is 0 Å². The second-order valence-corrected chi connectivity index (χ2v) is 6.23. The van der Waals surface area contributed by atoms with Crippen LogP contribution >= 0.6 is 11.3 Å². The number of fused-ring (bicyclic) bond motifs is 2. The van der Waals surface area contributed by atoms with Gasteiger partial charge in [0.1, 0.15) is 10.5 Å². The SMILES string of the molecule is c1cncc(-c2nnc3sc(Cn4nnc5ccccc54)nn23)c1. The summed E-state index contributed by atoms with van der Waals surface area (Å²) in [6.07, 6.45) is 3.48. The average Bonchev–Trinajstić information content (AvgIpc) is 3.31. The smallest absolute Gasteiger partial charge is 0.235 e. The Morgan fingerprint density at radius 1 is 1.00 bits per heavy atom. The summed E-state index contributed by atoms with van der Waals surface area (Å²) >= 11 is 1.49. The minimum atomic E-state index is 0.543. The van der Waals surface area contributed by atoms with Gasteiger partial charge in [-0.2, -0.15) is 9.61 Å². The highest BCUT2D eigenvalue weighted by atomic mass is 32.1. The zero-order valence-corrected chi connectivity index (χ0v) is 13.1. The highest BCUT2D eigenvalue weighted by Gasteiger charge is 2.14. The summed E-state index contributed by atoms with van der Waals surface area (Å²) in [5, 5.41) is 22.3. The molecular weight excluding hydrogens is 324 g/mol. The van der Waals surface area contributed by atoms with Crippen molar-refractivity contribution in [2.45, 2.75) is 6.54 Å². The van der Waals surface area contributed by atoms with Crippen molar-refractivity contribution in [2.75, 3.05) is 0 Å². The summed E-state index contributed by atoms with van der Waals surface area (Å²) < 4.78 is 3.58. The molecule has 0 atom stereocenters. The van der Waals surface area contributed by atoms with Gasteiger partial charge < -0.3 is 0 Å². The van der Waals surface area contributed by atoms with Gasteiger partial charge in [0, 0.05) is 18.0 Å². The normalized spacial score (nSPS) is 11.5. The van der Waals surface area contributed by atoms with Crippen molar-refractivity contribution in [1.82, 2.24) is 39.8 Å². The summed E-state index contributed by atoms with van der Waals surface area (Å²) in [6, 6.07) is 11.7. The number of aromatic nitrogens is 8. The first-order valence-electron chi connectivity index (χ1n) is 7.28. The van der Waals surface area contributed by atoms with Gasteiger partial charge in [0.15, 0.2) is 5.82 Å². The van der Waals surface area contributed by atoms with Gasteiger partial charge in [0.25, 0.3) is 0 Å². The minimum Gasteiger partial charge on any atom is -0.264 e. The molecule has 0 saturated heterocycles. The number of hydrogen-bond acceptors (Lipinski definition) is 7. The van der Waals surface area contributed by atoms with E-state index in [1.54, 1.807) is 16.9 Å². The van der Waals surface area contributed by atoms with Crippen LogP contribution in [0.1, 0.15) is 5.01 Å². The molecular formula is C15H10N8S. The van der Waals surface area contributed by atoms with E-state index in [2.05, 4.69) is 30.6 Å². The van der Waals surface area contributed by atoms with Gasteiger partial charge in [0.2, 0.25) is 4.96 Å². The Kier molecular flexibility index (Phi) is 2.85.